The normalized spacial score (nSPS) is 14.9. The van der Waals surface area contributed by atoms with Gasteiger partial charge in [-0.05, 0) is 42.0 Å². The number of benzene rings is 2. The quantitative estimate of drug-likeness (QED) is 0.728. The molecule has 4 rings (SSSR count). The molecule has 0 bridgehead atoms. The van der Waals surface area contributed by atoms with Crippen molar-refractivity contribution in [3.8, 4) is 5.69 Å². The van der Waals surface area contributed by atoms with Gasteiger partial charge < -0.3 is 10.2 Å². The zero-order valence-corrected chi connectivity index (χ0v) is 15.6. The van der Waals surface area contributed by atoms with Gasteiger partial charge in [0.15, 0.2) is 0 Å². The molecule has 1 aliphatic rings. The molecule has 6 nitrogen and oxygen atoms in total. The summed E-state index contributed by atoms with van der Waals surface area (Å²) in [7, 11) is 0. The van der Waals surface area contributed by atoms with Crippen molar-refractivity contribution in [1.29, 1.82) is 0 Å². The summed E-state index contributed by atoms with van der Waals surface area (Å²) in [5.74, 6) is 0. The summed E-state index contributed by atoms with van der Waals surface area (Å²) < 4.78 is 40.7. The molecule has 9 heteroatoms. The predicted molar refractivity (Wildman–Crippen MR) is 103 cm³/mol. The van der Waals surface area contributed by atoms with E-state index >= 15 is 0 Å². The van der Waals surface area contributed by atoms with Crippen LogP contribution in [0.4, 0.5) is 18.9 Å². The molecule has 0 radical (unpaired) electrons. The lowest BCUT2D eigenvalue weighted by molar-refractivity contribution is -0.137. The number of nitrogens with zero attached hydrogens (tertiary/aromatic N) is 4. The number of alkyl halides is 3. The van der Waals surface area contributed by atoms with E-state index in [0.29, 0.717) is 11.3 Å². The van der Waals surface area contributed by atoms with E-state index < -0.39 is 11.7 Å². The van der Waals surface area contributed by atoms with Gasteiger partial charge in [-0.15, -0.1) is 0 Å². The minimum absolute atomic E-state index is 0.100. The Morgan fingerprint density at radius 3 is 2.17 bits per heavy atom. The first-order valence-electron chi connectivity index (χ1n) is 9.28. The van der Waals surface area contributed by atoms with E-state index in [1.54, 1.807) is 0 Å². The minimum atomic E-state index is -4.38. The number of rotatable bonds is 4. The van der Waals surface area contributed by atoms with E-state index in [1.165, 1.54) is 27.7 Å². The molecule has 0 unspecified atom stereocenters. The van der Waals surface area contributed by atoms with Crippen LogP contribution in [0.25, 0.3) is 5.69 Å². The third-order valence-corrected chi connectivity index (χ3v) is 4.96. The Morgan fingerprint density at radius 2 is 1.55 bits per heavy atom. The van der Waals surface area contributed by atoms with Gasteiger partial charge in [0.2, 0.25) is 0 Å². The predicted octanol–water partition coefficient (Wildman–Crippen LogP) is 2.51. The first kappa shape index (κ1) is 19.3. The van der Waals surface area contributed by atoms with Crippen molar-refractivity contribution < 1.29 is 13.2 Å². The van der Waals surface area contributed by atoms with Gasteiger partial charge in [-0.2, -0.15) is 18.3 Å². The van der Waals surface area contributed by atoms with Gasteiger partial charge in [-0.1, -0.05) is 12.1 Å². The van der Waals surface area contributed by atoms with E-state index in [-0.39, 0.29) is 12.2 Å². The number of halogens is 3. The van der Waals surface area contributed by atoms with E-state index in [1.807, 2.05) is 24.3 Å². The summed E-state index contributed by atoms with van der Waals surface area (Å²) in [5.41, 5.74) is 1.29. The van der Waals surface area contributed by atoms with Gasteiger partial charge in [0.25, 0.3) is 0 Å². The maximum Gasteiger partial charge on any atom is 0.416 e. The molecular weight excluding hydrogens is 383 g/mol. The fourth-order valence-electron chi connectivity index (χ4n) is 3.34. The first-order chi connectivity index (χ1) is 13.9. The van der Waals surface area contributed by atoms with Crippen molar-refractivity contribution in [2.45, 2.75) is 12.7 Å². The molecule has 1 aliphatic heterocycles. The third kappa shape index (κ3) is 4.19. The highest BCUT2D eigenvalue weighted by molar-refractivity contribution is 5.51. The highest BCUT2D eigenvalue weighted by Gasteiger charge is 2.29. The molecule has 2 heterocycles. The molecule has 2 aromatic carbocycles. The van der Waals surface area contributed by atoms with Crippen molar-refractivity contribution >= 4 is 5.69 Å². The summed E-state index contributed by atoms with van der Waals surface area (Å²) >= 11 is 0. The van der Waals surface area contributed by atoms with Crippen LogP contribution in [0.5, 0.6) is 0 Å². The average Bonchev–Trinajstić information content (AvgIpc) is 3.09. The van der Waals surface area contributed by atoms with Crippen LogP contribution >= 0.6 is 0 Å². The molecule has 1 N–H and O–H groups in total. The van der Waals surface area contributed by atoms with Gasteiger partial charge in [-0.3, -0.25) is 0 Å². The largest absolute Gasteiger partial charge is 0.416 e. The summed E-state index contributed by atoms with van der Waals surface area (Å²) in [6.07, 6.45) is -2.96. The second-order valence-corrected chi connectivity index (χ2v) is 6.89. The van der Waals surface area contributed by atoms with Crippen LogP contribution in [-0.2, 0) is 12.7 Å². The topological polar surface area (TPSA) is 55.1 Å². The van der Waals surface area contributed by atoms with Gasteiger partial charge in [0, 0.05) is 31.9 Å². The molecule has 1 aromatic heterocycles. The van der Waals surface area contributed by atoms with E-state index in [0.717, 1.165) is 44.0 Å². The van der Waals surface area contributed by atoms with Crippen LogP contribution in [0, 0.1) is 0 Å². The fraction of sp³-hybridized carbons (Fsp3) is 0.300. The Kier molecular flexibility index (Phi) is 5.14. The van der Waals surface area contributed by atoms with Crippen molar-refractivity contribution in [2.24, 2.45) is 0 Å². The minimum Gasteiger partial charge on any atom is -0.369 e. The monoisotopic (exact) mass is 403 g/mol. The number of anilines is 1. The van der Waals surface area contributed by atoms with Crippen LogP contribution < -0.4 is 15.9 Å². The summed E-state index contributed by atoms with van der Waals surface area (Å²) in [5, 5.41) is 7.41. The van der Waals surface area contributed by atoms with Crippen LogP contribution in [0.3, 0.4) is 0 Å². The van der Waals surface area contributed by atoms with Gasteiger partial charge in [-0.25, -0.2) is 14.0 Å². The molecule has 0 atom stereocenters. The molecule has 0 spiro atoms. The molecule has 1 fully saturated rings. The van der Waals surface area contributed by atoms with Crippen molar-refractivity contribution in [3.05, 3.63) is 76.5 Å². The van der Waals surface area contributed by atoms with E-state index in [2.05, 4.69) is 15.3 Å². The summed E-state index contributed by atoms with van der Waals surface area (Å²) in [6.45, 7) is 3.85. The van der Waals surface area contributed by atoms with Crippen LogP contribution in [0.1, 0.15) is 11.1 Å². The molecule has 3 aromatic rings. The molecule has 0 aliphatic carbocycles. The molecule has 1 saturated heterocycles. The second kappa shape index (κ2) is 7.75. The maximum absolute atomic E-state index is 12.7. The highest BCUT2D eigenvalue weighted by atomic mass is 19.4. The maximum atomic E-state index is 12.7. The molecular formula is C20H20F3N5O. The second-order valence-electron chi connectivity index (χ2n) is 6.89. The Hall–Kier alpha value is -3.07. The Bertz CT molecular complexity index is 1020. The van der Waals surface area contributed by atoms with Crippen LogP contribution in [0.15, 0.2) is 59.7 Å². The number of hydrogen-bond donors (Lipinski definition) is 1. The lowest BCUT2D eigenvalue weighted by Crippen LogP contribution is -2.43. The van der Waals surface area contributed by atoms with E-state index in [4.69, 9.17) is 0 Å². The lowest BCUT2D eigenvalue weighted by Gasteiger charge is -2.29. The Morgan fingerprint density at radius 1 is 0.931 bits per heavy atom. The van der Waals surface area contributed by atoms with Crippen LogP contribution in [0.2, 0.25) is 0 Å². The van der Waals surface area contributed by atoms with Crippen LogP contribution in [-0.4, -0.2) is 40.5 Å². The third-order valence-electron chi connectivity index (χ3n) is 4.96. The molecule has 152 valence electrons. The number of nitrogens with one attached hydrogen (secondary N) is 1. The zero-order valence-electron chi connectivity index (χ0n) is 15.6. The van der Waals surface area contributed by atoms with Gasteiger partial charge >= 0.3 is 11.9 Å². The van der Waals surface area contributed by atoms with Crippen molar-refractivity contribution in [1.82, 2.24) is 19.7 Å². The van der Waals surface area contributed by atoms with Gasteiger partial charge in [0.05, 0.1) is 17.8 Å². The fourth-order valence-corrected chi connectivity index (χ4v) is 3.34. The highest BCUT2D eigenvalue weighted by Crippen LogP contribution is 2.29. The molecule has 29 heavy (non-hydrogen) atoms. The van der Waals surface area contributed by atoms with E-state index in [9.17, 15) is 18.0 Å². The summed E-state index contributed by atoms with van der Waals surface area (Å²) in [4.78, 5) is 14.9. The SMILES string of the molecule is O=c1n(-c2ccc(N3CCNCC3)cc2)cnn1Cc1ccc(C(F)(F)F)cc1. The van der Waals surface area contributed by atoms with Crippen molar-refractivity contribution in [2.75, 3.05) is 31.1 Å². The smallest absolute Gasteiger partial charge is 0.369 e. The average molecular weight is 403 g/mol. The molecule has 0 saturated carbocycles. The Labute approximate surface area is 165 Å². The van der Waals surface area contributed by atoms with Gasteiger partial charge in [0.1, 0.15) is 6.33 Å². The number of hydrogen-bond acceptors (Lipinski definition) is 4. The zero-order chi connectivity index (χ0) is 20.4. The number of piperazine rings is 1. The first-order valence-corrected chi connectivity index (χ1v) is 9.28. The number of aromatic nitrogens is 3. The lowest BCUT2D eigenvalue weighted by atomic mass is 10.1. The standard InChI is InChI=1S/C20H20F3N5O/c21-20(22,23)16-3-1-15(2-4-16)13-28-19(29)27(14-25-28)18-7-5-17(6-8-18)26-11-9-24-10-12-26/h1-8,14,24H,9-13H2. The molecule has 0 amide bonds. The van der Waals surface area contributed by atoms with Crippen molar-refractivity contribution in [3.63, 3.8) is 0 Å². The summed E-state index contributed by atoms with van der Waals surface area (Å²) in [6, 6.07) is 12.4. The Balaban J connectivity index is 1.50.